The molecule has 11 heteroatoms. The number of hydrogen-bond donors (Lipinski definition) is 3. The van der Waals surface area contributed by atoms with E-state index in [2.05, 4.69) is 4.98 Å². The van der Waals surface area contributed by atoms with Crippen LogP contribution in [0.15, 0.2) is 30.3 Å². The zero-order valence-electron chi connectivity index (χ0n) is 15.3. The predicted octanol–water partition coefficient (Wildman–Crippen LogP) is 3.58. The lowest BCUT2D eigenvalue weighted by Gasteiger charge is -2.31. The number of rotatable bonds is 5. The van der Waals surface area contributed by atoms with Gasteiger partial charge in [-0.1, -0.05) is 11.6 Å². The number of carbonyl (C=O) groups is 1. The maximum Gasteiger partial charge on any atom is 0.424 e. The highest BCUT2D eigenvalue weighted by molar-refractivity contribution is 6.31. The van der Waals surface area contributed by atoms with E-state index in [1.54, 1.807) is 0 Å². The Labute approximate surface area is 168 Å². The van der Waals surface area contributed by atoms with Crippen molar-refractivity contribution >= 4 is 17.7 Å². The highest BCUT2D eigenvalue weighted by Gasteiger charge is 2.55. The molecule has 1 heterocycles. The van der Waals surface area contributed by atoms with E-state index in [1.165, 1.54) is 26.0 Å². The van der Waals surface area contributed by atoms with Crippen LogP contribution in [0, 0.1) is 5.82 Å². The first kappa shape index (κ1) is 22.9. The van der Waals surface area contributed by atoms with Crippen molar-refractivity contribution in [3.05, 3.63) is 52.4 Å². The molecule has 0 radical (unpaired) electrons. The maximum atomic E-state index is 13.5. The smallest absolute Gasteiger partial charge is 0.424 e. The molecule has 5 N–H and O–H groups in total. The first-order chi connectivity index (χ1) is 13.2. The van der Waals surface area contributed by atoms with Gasteiger partial charge in [0.2, 0.25) is 5.60 Å². The summed E-state index contributed by atoms with van der Waals surface area (Å²) in [5.41, 5.74) is 4.56. The molecule has 2 rings (SSSR count). The third-order valence-electron chi connectivity index (χ3n) is 4.28. The lowest BCUT2D eigenvalue weighted by molar-refractivity contribution is -0.263. The van der Waals surface area contributed by atoms with E-state index in [-0.39, 0.29) is 21.8 Å². The van der Waals surface area contributed by atoms with Crippen LogP contribution in [0.25, 0.3) is 11.3 Å². The molecule has 29 heavy (non-hydrogen) atoms. The molecule has 0 aliphatic heterocycles. The molecule has 0 bridgehead atoms. The molecular weight excluding hydrogens is 418 g/mol. The zero-order valence-corrected chi connectivity index (χ0v) is 16.1. The molecule has 1 unspecified atom stereocenters. The molecular formula is C18H18ClF4N3O3. The van der Waals surface area contributed by atoms with E-state index in [0.717, 1.165) is 18.2 Å². The van der Waals surface area contributed by atoms with E-state index in [9.17, 15) is 27.5 Å². The number of carbonyl (C=O) groups excluding carboxylic acids is 1. The summed E-state index contributed by atoms with van der Waals surface area (Å²) in [5.74, 6) is -0.738. The highest BCUT2D eigenvalue weighted by atomic mass is 35.5. The van der Waals surface area contributed by atoms with Crippen LogP contribution in [0.1, 0.15) is 25.1 Å². The van der Waals surface area contributed by atoms with Crippen molar-refractivity contribution in [2.75, 3.05) is 6.54 Å². The van der Waals surface area contributed by atoms with Gasteiger partial charge < -0.3 is 21.3 Å². The van der Waals surface area contributed by atoms with Gasteiger partial charge in [0.1, 0.15) is 11.4 Å². The minimum atomic E-state index is -5.15. The van der Waals surface area contributed by atoms with Crippen LogP contribution in [0.3, 0.4) is 0 Å². The zero-order chi connectivity index (χ0) is 22.2. The number of hydrogen-bond acceptors (Lipinski definition) is 5. The molecule has 6 nitrogen and oxygen atoms in total. The molecule has 158 valence electrons. The fourth-order valence-corrected chi connectivity index (χ4v) is 2.75. The van der Waals surface area contributed by atoms with Gasteiger partial charge in [0, 0.05) is 12.1 Å². The van der Waals surface area contributed by atoms with Gasteiger partial charge in [0.05, 0.1) is 16.4 Å². The van der Waals surface area contributed by atoms with Gasteiger partial charge in [0.15, 0.2) is 0 Å². The molecule has 0 spiro atoms. The third-order valence-corrected chi connectivity index (χ3v) is 4.57. The van der Waals surface area contributed by atoms with Gasteiger partial charge in [-0.2, -0.15) is 13.2 Å². The normalized spacial score (nSPS) is 14.4. The number of nitrogens with two attached hydrogens (primary N) is 2. The average Bonchev–Trinajstić information content (AvgIpc) is 2.60. The summed E-state index contributed by atoms with van der Waals surface area (Å²) < 4.78 is 59.1. The van der Waals surface area contributed by atoms with Crippen molar-refractivity contribution in [3.63, 3.8) is 0 Å². The molecule has 0 saturated carbocycles. The summed E-state index contributed by atoms with van der Waals surface area (Å²) in [6, 6.07) is 5.63. The molecule has 2 aromatic rings. The number of halogens is 5. The quantitative estimate of drug-likeness (QED) is 0.621. The topological polar surface area (TPSA) is 111 Å². The molecule has 1 atom stereocenters. The first-order valence-corrected chi connectivity index (χ1v) is 8.55. The number of pyridine rings is 1. The minimum absolute atomic E-state index is 0.0351. The number of benzene rings is 1. The first-order valence-electron chi connectivity index (χ1n) is 8.17. The van der Waals surface area contributed by atoms with Gasteiger partial charge in [-0.25, -0.2) is 14.2 Å². The van der Waals surface area contributed by atoms with Crippen LogP contribution in [-0.4, -0.2) is 28.9 Å². The van der Waals surface area contributed by atoms with E-state index >= 15 is 0 Å². The number of aliphatic hydroxyl groups is 1. The minimum Gasteiger partial charge on any atom is -0.439 e. The second-order valence-corrected chi connectivity index (χ2v) is 7.16. The summed E-state index contributed by atoms with van der Waals surface area (Å²) in [5, 5.41) is 9.96. The van der Waals surface area contributed by atoms with Crippen LogP contribution < -0.4 is 11.5 Å². The second kappa shape index (κ2) is 7.77. The molecule has 0 fully saturated rings. The number of amides is 1. The Morgan fingerprint density at radius 2 is 1.86 bits per heavy atom. The monoisotopic (exact) mass is 435 g/mol. The Bertz CT molecular complexity index is 937. The standard InChI is InChI=1S/C18H18ClF4N3O3/c1-16(2,29-15(25)27)10-6-13(9-3-4-12(20)11(19)5-9)26-14(7-10)17(28,8-24)18(21,22)23/h3-7,28H,8,24H2,1-2H3,(H2,25,27). The van der Waals surface area contributed by atoms with Crippen molar-refractivity contribution in [1.29, 1.82) is 0 Å². The molecule has 0 saturated heterocycles. The lowest BCUT2D eigenvalue weighted by atomic mass is 9.90. The second-order valence-electron chi connectivity index (χ2n) is 6.75. The van der Waals surface area contributed by atoms with Crippen LogP contribution in [0.2, 0.25) is 5.02 Å². The van der Waals surface area contributed by atoms with E-state index in [0.29, 0.717) is 0 Å². The van der Waals surface area contributed by atoms with Gasteiger partial charge in [-0.3, -0.25) is 0 Å². The van der Waals surface area contributed by atoms with Crippen LogP contribution in [0.5, 0.6) is 0 Å². The predicted molar refractivity (Wildman–Crippen MR) is 97.3 cm³/mol. The largest absolute Gasteiger partial charge is 0.439 e. The van der Waals surface area contributed by atoms with Crippen LogP contribution in [-0.2, 0) is 15.9 Å². The Morgan fingerprint density at radius 1 is 1.24 bits per heavy atom. The van der Waals surface area contributed by atoms with Gasteiger partial charge in [-0.15, -0.1) is 0 Å². The molecule has 0 aliphatic carbocycles. The van der Waals surface area contributed by atoms with Crippen molar-refractivity contribution < 1.29 is 32.2 Å². The van der Waals surface area contributed by atoms with E-state index in [1.807, 2.05) is 0 Å². The molecule has 1 aromatic carbocycles. The molecule has 1 amide bonds. The summed E-state index contributed by atoms with van der Waals surface area (Å²) in [6.07, 6.45) is -6.32. The SMILES string of the molecule is CC(C)(OC(N)=O)c1cc(-c2ccc(F)c(Cl)c2)nc(C(O)(CN)C(F)(F)F)c1. The molecule has 0 aliphatic rings. The number of aromatic nitrogens is 1. The number of alkyl halides is 3. The number of primary amides is 1. The van der Waals surface area contributed by atoms with Crippen molar-refractivity contribution in [3.8, 4) is 11.3 Å². The summed E-state index contributed by atoms with van der Waals surface area (Å²) in [4.78, 5) is 15.1. The number of ether oxygens (including phenoxy) is 1. The van der Waals surface area contributed by atoms with Crippen molar-refractivity contribution in [2.45, 2.75) is 31.2 Å². The van der Waals surface area contributed by atoms with Gasteiger partial charge in [0.25, 0.3) is 0 Å². The third kappa shape index (κ3) is 4.60. The average molecular weight is 436 g/mol. The Morgan fingerprint density at radius 3 is 2.34 bits per heavy atom. The van der Waals surface area contributed by atoms with Crippen molar-refractivity contribution in [2.24, 2.45) is 11.5 Å². The van der Waals surface area contributed by atoms with Crippen molar-refractivity contribution in [1.82, 2.24) is 4.98 Å². The summed E-state index contributed by atoms with van der Waals surface area (Å²) in [6.45, 7) is 1.55. The van der Waals surface area contributed by atoms with Crippen LogP contribution >= 0.6 is 11.6 Å². The van der Waals surface area contributed by atoms with Crippen LogP contribution in [0.4, 0.5) is 22.4 Å². The highest BCUT2D eigenvalue weighted by Crippen LogP contribution is 2.40. The van der Waals surface area contributed by atoms with Gasteiger partial charge >= 0.3 is 12.3 Å². The van der Waals surface area contributed by atoms with E-state index < -0.39 is 41.5 Å². The number of nitrogens with zero attached hydrogens (tertiary/aromatic N) is 1. The Kier molecular flexibility index (Phi) is 6.12. The summed E-state index contributed by atoms with van der Waals surface area (Å²) >= 11 is 5.75. The molecule has 1 aromatic heterocycles. The Hall–Kier alpha value is -2.43. The fraction of sp³-hybridized carbons (Fsp3) is 0.333. The summed E-state index contributed by atoms with van der Waals surface area (Å²) in [7, 11) is 0. The Balaban J connectivity index is 2.79. The lowest BCUT2D eigenvalue weighted by Crippen LogP contribution is -2.49. The maximum absolute atomic E-state index is 13.5. The van der Waals surface area contributed by atoms with Gasteiger partial charge in [-0.05, 0) is 49.7 Å². The van der Waals surface area contributed by atoms with E-state index in [4.69, 9.17) is 27.8 Å². The fourth-order valence-electron chi connectivity index (χ4n) is 2.57.